The highest BCUT2D eigenvalue weighted by Gasteiger charge is 2.13. The number of allylic oxidation sites excluding steroid dienone is 3. The molecule has 0 saturated carbocycles. The van der Waals surface area contributed by atoms with Crippen molar-refractivity contribution in [1.82, 2.24) is 0 Å². The molecule has 5 heteroatoms. The van der Waals surface area contributed by atoms with Gasteiger partial charge in [0, 0.05) is 6.42 Å². The van der Waals surface area contributed by atoms with Gasteiger partial charge in [-0.25, -0.2) is 0 Å². The number of carboxylic acids is 1. The van der Waals surface area contributed by atoms with Crippen LogP contribution in [0.15, 0.2) is 36.5 Å². The molecule has 5 nitrogen and oxygen atoms in total. The zero-order chi connectivity index (χ0) is 20.3. The van der Waals surface area contributed by atoms with Crippen LogP contribution < -0.4 is 0 Å². The van der Waals surface area contributed by atoms with Crippen molar-refractivity contribution in [3.05, 3.63) is 36.5 Å². The number of aliphatic hydroxyl groups is 3. The van der Waals surface area contributed by atoms with Crippen LogP contribution in [-0.2, 0) is 4.79 Å². The fraction of sp³-hybridized carbons (Fsp3) is 0.682. The molecule has 0 radical (unpaired) electrons. The molecular weight excluding hydrogens is 344 g/mol. The molecule has 0 aliphatic carbocycles. The summed E-state index contributed by atoms with van der Waals surface area (Å²) in [5, 5.41) is 38.1. The minimum atomic E-state index is -0.743. The molecule has 156 valence electrons. The summed E-state index contributed by atoms with van der Waals surface area (Å²) in [6, 6.07) is 0. The lowest BCUT2D eigenvalue weighted by atomic mass is 10.0. The number of rotatable bonds is 17. The first-order chi connectivity index (χ1) is 13.0. The Balaban J connectivity index is 3.77. The first-order valence-electron chi connectivity index (χ1n) is 10.2. The van der Waals surface area contributed by atoms with Gasteiger partial charge in [-0.05, 0) is 38.5 Å². The van der Waals surface area contributed by atoms with Gasteiger partial charge >= 0.3 is 5.97 Å². The van der Waals surface area contributed by atoms with Crippen molar-refractivity contribution < 1.29 is 25.2 Å². The molecule has 4 N–H and O–H groups in total. The Bertz CT molecular complexity index is 442. The van der Waals surface area contributed by atoms with Crippen LogP contribution in [0.3, 0.4) is 0 Å². The van der Waals surface area contributed by atoms with Gasteiger partial charge in [-0.1, -0.05) is 69.1 Å². The molecule has 0 saturated heterocycles. The van der Waals surface area contributed by atoms with E-state index < -0.39 is 24.3 Å². The van der Waals surface area contributed by atoms with Crippen molar-refractivity contribution in [2.45, 2.75) is 95.9 Å². The van der Waals surface area contributed by atoms with Gasteiger partial charge in [-0.15, -0.1) is 0 Å². The van der Waals surface area contributed by atoms with Crippen LogP contribution in [0.25, 0.3) is 0 Å². The Morgan fingerprint density at radius 2 is 1.63 bits per heavy atom. The quantitative estimate of drug-likeness (QED) is 0.172. The Labute approximate surface area is 164 Å². The van der Waals surface area contributed by atoms with Gasteiger partial charge in [0.05, 0.1) is 18.3 Å². The topological polar surface area (TPSA) is 98.0 Å². The van der Waals surface area contributed by atoms with Gasteiger partial charge in [0.15, 0.2) is 0 Å². The van der Waals surface area contributed by atoms with Crippen LogP contribution in [0.1, 0.15) is 77.6 Å². The standard InChI is InChI=1S/C22H38O5/c1-2-3-9-16-20(24)21(25)17-12-8-11-15-19(23)14-10-6-4-5-7-13-18-22(26)27/h6,8,10-12,15,19-21,23-25H,2-5,7,9,13-14,16-18H2,1H3,(H,26,27). The molecular formula is C22H38O5. The molecule has 0 aliphatic rings. The summed E-state index contributed by atoms with van der Waals surface area (Å²) in [6.45, 7) is 2.10. The summed E-state index contributed by atoms with van der Waals surface area (Å²) < 4.78 is 0. The second kappa shape index (κ2) is 18.0. The second-order valence-corrected chi connectivity index (χ2v) is 6.95. The summed E-state index contributed by atoms with van der Waals surface area (Å²) in [7, 11) is 0. The molecule has 0 rings (SSSR count). The summed E-state index contributed by atoms with van der Waals surface area (Å²) in [4.78, 5) is 10.4. The van der Waals surface area contributed by atoms with Gasteiger partial charge in [0.25, 0.3) is 0 Å². The van der Waals surface area contributed by atoms with E-state index in [1.54, 1.807) is 24.3 Å². The van der Waals surface area contributed by atoms with E-state index in [1.165, 1.54) is 0 Å². The molecule has 0 amide bonds. The highest BCUT2D eigenvalue weighted by Crippen LogP contribution is 2.10. The van der Waals surface area contributed by atoms with Crippen molar-refractivity contribution in [2.24, 2.45) is 0 Å². The number of hydrogen-bond acceptors (Lipinski definition) is 4. The smallest absolute Gasteiger partial charge is 0.303 e. The SMILES string of the molecule is CCCCCC(O)C(O)CC=CC=CC(O)CC=CCCCCCC(=O)O. The number of carbonyl (C=O) groups is 1. The minimum absolute atomic E-state index is 0.232. The van der Waals surface area contributed by atoms with Gasteiger partial charge in [0.2, 0.25) is 0 Å². The molecule has 0 fully saturated rings. The van der Waals surface area contributed by atoms with E-state index in [1.807, 2.05) is 12.2 Å². The first-order valence-corrected chi connectivity index (χ1v) is 10.2. The number of aliphatic hydroxyl groups excluding tert-OH is 3. The average molecular weight is 383 g/mol. The highest BCUT2D eigenvalue weighted by atomic mass is 16.4. The van der Waals surface area contributed by atoms with E-state index >= 15 is 0 Å². The van der Waals surface area contributed by atoms with Crippen LogP contribution in [0.5, 0.6) is 0 Å². The molecule has 0 aromatic heterocycles. The maximum Gasteiger partial charge on any atom is 0.303 e. The maximum absolute atomic E-state index is 10.4. The molecule has 0 spiro atoms. The Morgan fingerprint density at radius 3 is 2.33 bits per heavy atom. The van der Waals surface area contributed by atoms with E-state index in [4.69, 9.17) is 5.11 Å². The molecule has 0 aromatic carbocycles. The molecule has 3 unspecified atom stereocenters. The zero-order valence-electron chi connectivity index (χ0n) is 16.7. The van der Waals surface area contributed by atoms with Crippen LogP contribution in [0.4, 0.5) is 0 Å². The van der Waals surface area contributed by atoms with Crippen LogP contribution in [0.2, 0.25) is 0 Å². The summed E-state index contributed by atoms with van der Waals surface area (Å²) in [5.74, 6) is -0.743. The largest absolute Gasteiger partial charge is 0.481 e. The number of aliphatic carboxylic acids is 1. The fourth-order valence-corrected chi connectivity index (χ4v) is 2.59. The molecule has 27 heavy (non-hydrogen) atoms. The third-order valence-corrected chi connectivity index (χ3v) is 4.31. The van der Waals surface area contributed by atoms with E-state index in [9.17, 15) is 20.1 Å². The summed E-state index contributed by atoms with van der Waals surface area (Å²) in [6.07, 6.45) is 17.4. The Kier molecular flexibility index (Phi) is 17.0. The normalized spacial score (nSPS) is 15.7. The molecule has 3 atom stereocenters. The maximum atomic E-state index is 10.4. The summed E-state index contributed by atoms with van der Waals surface area (Å²) >= 11 is 0. The van der Waals surface area contributed by atoms with Gasteiger partial charge < -0.3 is 20.4 Å². The molecule has 0 aromatic rings. The predicted molar refractivity (Wildman–Crippen MR) is 110 cm³/mol. The Morgan fingerprint density at radius 1 is 0.852 bits per heavy atom. The van der Waals surface area contributed by atoms with Gasteiger partial charge in [-0.3, -0.25) is 4.79 Å². The lowest BCUT2D eigenvalue weighted by Gasteiger charge is -2.15. The lowest BCUT2D eigenvalue weighted by molar-refractivity contribution is -0.137. The van der Waals surface area contributed by atoms with Crippen LogP contribution in [0, 0.1) is 0 Å². The van der Waals surface area contributed by atoms with E-state index in [-0.39, 0.29) is 6.42 Å². The van der Waals surface area contributed by atoms with Crippen molar-refractivity contribution in [2.75, 3.05) is 0 Å². The monoisotopic (exact) mass is 382 g/mol. The number of unbranched alkanes of at least 4 members (excludes halogenated alkanes) is 5. The average Bonchev–Trinajstić information content (AvgIpc) is 2.63. The van der Waals surface area contributed by atoms with Gasteiger partial charge in [-0.2, -0.15) is 0 Å². The van der Waals surface area contributed by atoms with E-state index in [0.717, 1.165) is 38.5 Å². The van der Waals surface area contributed by atoms with Gasteiger partial charge in [0.1, 0.15) is 0 Å². The van der Waals surface area contributed by atoms with Crippen LogP contribution in [-0.4, -0.2) is 44.7 Å². The Hall–Kier alpha value is -1.43. The predicted octanol–water partition coefficient (Wildman–Crippen LogP) is 4.13. The third kappa shape index (κ3) is 17.7. The molecule has 0 heterocycles. The second-order valence-electron chi connectivity index (χ2n) is 6.95. The fourth-order valence-electron chi connectivity index (χ4n) is 2.59. The van der Waals surface area contributed by atoms with Crippen molar-refractivity contribution >= 4 is 5.97 Å². The van der Waals surface area contributed by atoms with Crippen molar-refractivity contribution in [1.29, 1.82) is 0 Å². The zero-order valence-corrected chi connectivity index (χ0v) is 16.7. The van der Waals surface area contributed by atoms with Crippen LogP contribution >= 0.6 is 0 Å². The van der Waals surface area contributed by atoms with E-state index in [0.29, 0.717) is 25.7 Å². The van der Waals surface area contributed by atoms with E-state index in [2.05, 4.69) is 6.92 Å². The van der Waals surface area contributed by atoms with Crippen molar-refractivity contribution in [3.63, 3.8) is 0 Å². The highest BCUT2D eigenvalue weighted by molar-refractivity contribution is 5.66. The molecule has 0 aliphatic heterocycles. The molecule has 0 bridgehead atoms. The third-order valence-electron chi connectivity index (χ3n) is 4.31. The first kappa shape index (κ1) is 25.6. The van der Waals surface area contributed by atoms with Crippen molar-refractivity contribution in [3.8, 4) is 0 Å². The lowest BCUT2D eigenvalue weighted by Crippen LogP contribution is -2.25. The number of carboxylic acid groups (broad SMARTS) is 1. The number of hydrogen-bond donors (Lipinski definition) is 4. The minimum Gasteiger partial charge on any atom is -0.481 e. The summed E-state index contributed by atoms with van der Waals surface area (Å²) in [5.41, 5.74) is 0.